The highest BCUT2D eigenvalue weighted by atomic mass is 19.4. The molecule has 27 heavy (non-hydrogen) atoms. The van der Waals surface area contributed by atoms with E-state index in [1.54, 1.807) is 13.8 Å². The number of rotatable bonds is 3. The molecule has 0 fully saturated rings. The van der Waals surface area contributed by atoms with E-state index in [1.807, 2.05) is 12.1 Å². The third kappa shape index (κ3) is 2.98. The largest absolute Gasteiger partial charge is 0.404 e. The molecule has 0 bridgehead atoms. The summed E-state index contributed by atoms with van der Waals surface area (Å²) in [6.07, 6.45) is -3.99. The number of nitriles is 2. The molecule has 0 amide bonds. The summed E-state index contributed by atoms with van der Waals surface area (Å²) >= 11 is 0. The number of benzene rings is 1. The van der Waals surface area contributed by atoms with Gasteiger partial charge in [-0.25, -0.2) is 4.98 Å². The number of aromatic nitrogens is 1. The number of nitrogens with one attached hydrogen (secondary N) is 1. The summed E-state index contributed by atoms with van der Waals surface area (Å²) in [6, 6.07) is 8.94. The Hall–Kier alpha value is -3.10. The van der Waals surface area contributed by atoms with Crippen LogP contribution in [0.15, 0.2) is 30.5 Å². The van der Waals surface area contributed by atoms with Gasteiger partial charge in [0.1, 0.15) is 17.3 Å². The van der Waals surface area contributed by atoms with Gasteiger partial charge in [-0.2, -0.15) is 23.7 Å². The molecular weight excluding hydrogens is 357 g/mol. The van der Waals surface area contributed by atoms with E-state index in [0.29, 0.717) is 0 Å². The molecule has 1 aliphatic rings. The first kappa shape index (κ1) is 18.7. The smallest absolute Gasteiger partial charge is 0.377 e. The lowest BCUT2D eigenvalue weighted by Crippen LogP contribution is -2.50. The van der Waals surface area contributed by atoms with E-state index < -0.39 is 24.3 Å². The summed E-state index contributed by atoms with van der Waals surface area (Å²) in [5.41, 5.74) is -2.57. The molecule has 8 heteroatoms. The van der Waals surface area contributed by atoms with Crippen LogP contribution >= 0.6 is 0 Å². The SMILES string of the molecule is CC(C)OCC1(C(F)(F)F)c2cc(C#N)ccc2Nc2ncc(C#N)cc21. The highest BCUT2D eigenvalue weighted by molar-refractivity contribution is 5.75. The highest BCUT2D eigenvalue weighted by Crippen LogP contribution is 2.54. The van der Waals surface area contributed by atoms with Crippen LogP contribution in [-0.2, 0) is 10.2 Å². The molecule has 2 heterocycles. The van der Waals surface area contributed by atoms with Crippen LogP contribution < -0.4 is 5.32 Å². The molecule has 0 spiro atoms. The lowest BCUT2D eigenvalue weighted by molar-refractivity contribution is -0.195. The second-order valence-electron chi connectivity index (χ2n) is 6.49. The van der Waals surface area contributed by atoms with E-state index >= 15 is 0 Å². The van der Waals surface area contributed by atoms with Crippen LogP contribution in [0.4, 0.5) is 24.7 Å². The Bertz CT molecular complexity index is 907. The number of fused-ring (bicyclic) bond motifs is 2. The van der Waals surface area contributed by atoms with Crippen molar-refractivity contribution in [3.05, 3.63) is 52.7 Å². The molecule has 1 unspecified atom stereocenters. The predicted octanol–water partition coefficient (Wildman–Crippen LogP) is 4.16. The van der Waals surface area contributed by atoms with E-state index in [-0.39, 0.29) is 33.8 Å². The highest BCUT2D eigenvalue weighted by Gasteiger charge is 2.61. The Labute approximate surface area is 154 Å². The van der Waals surface area contributed by atoms with Crippen molar-refractivity contribution in [2.75, 3.05) is 11.9 Å². The zero-order valence-corrected chi connectivity index (χ0v) is 14.6. The summed E-state index contributed by atoms with van der Waals surface area (Å²) in [6.45, 7) is 2.59. The minimum atomic E-state index is -4.75. The van der Waals surface area contributed by atoms with Crippen molar-refractivity contribution in [2.24, 2.45) is 0 Å². The number of halogens is 3. The summed E-state index contributed by atoms with van der Waals surface area (Å²) in [7, 11) is 0. The lowest BCUT2D eigenvalue weighted by atomic mass is 9.71. The maximum absolute atomic E-state index is 14.6. The Kier molecular flexibility index (Phi) is 4.54. The summed E-state index contributed by atoms with van der Waals surface area (Å²) in [4.78, 5) is 4.01. The third-order valence-electron chi connectivity index (χ3n) is 4.46. The van der Waals surface area contributed by atoms with Crippen LogP contribution in [0, 0.1) is 22.7 Å². The summed E-state index contributed by atoms with van der Waals surface area (Å²) in [5.74, 6) is 0.0101. The normalized spacial score (nSPS) is 18.1. The molecule has 1 aliphatic heterocycles. The van der Waals surface area contributed by atoms with Crippen molar-refractivity contribution in [3.8, 4) is 12.1 Å². The molecule has 0 radical (unpaired) electrons. The van der Waals surface area contributed by atoms with Crippen LogP contribution in [0.5, 0.6) is 0 Å². The molecule has 1 aromatic carbocycles. The van der Waals surface area contributed by atoms with E-state index in [4.69, 9.17) is 15.3 Å². The zero-order chi connectivity index (χ0) is 19.8. The maximum Gasteiger partial charge on any atom is 0.404 e. The van der Waals surface area contributed by atoms with Gasteiger partial charge in [0.05, 0.1) is 29.9 Å². The molecule has 3 rings (SSSR count). The Morgan fingerprint density at radius 1 is 1.15 bits per heavy atom. The van der Waals surface area contributed by atoms with Gasteiger partial charge < -0.3 is 10.1 Å². The fraction of sp³-hybridized carbons (Fsp3) is 0.316. The van der Waals surface area contributed by atoms with Crippen LogP contribution in [0.25, 0.3) is 0 Å². The first-order valence-electron chi connectivity index (χ1n) is 8.13. The molecule has 2 aromatic rings. The second-order valence-corrected chi connectivity index (χ2v) is 6.49. The minimum Gasteiger partial charge on any atom is -0.377 e. The molecule has 138 valence electrons. The van der Waals surface area contributed by atoms with Crippen LogP contribution in [0.2, 0.25) is 0 Å². The van der Waals surface area contributed by atoms with Crippen molar-refractivity contribution >= 4 is 11.5 Å². The number of hydrogen-bond donors (Lipinski definition) is 1. The van der Waals surface area contributed by atoms with E-state index in [2.05, 4.69) is 10.3 Å². The van der Waals surface area contributed by atoms with Crippen LogP contribution in [-0.4, -0.2) is 23.9 Å². The Balaban J connectivity index is 2.38. The molecule has 1 atom stereocenters. The average molecular weight is 372 g/mol. The van der Waals surface area contributed by atoms with Gasteiger partial charge in [-0.3, -0.25) is 0 Å². The van der Waals surface area contributed by atoms with Gasteiger partial charge in [0.2, 0.25) is 0 Å². The molecule has 1 N–H and O–H groups in total. The second kappa shape index (κ2) is 6.57. The van der Waals surface area contributed by atoms with Gasteiger partial charge in [-0.15, -0.1) is 0 Å². The maximum atomic E-state index is 14.6. The number of anilines is 2. The predicted molar refractivity (Wildman–Crippen MR) is 91.3 cm³/mol. The number of pyridine rings is 1. The standard InChI is InChI=1S/C19H15F3N4O/c1-11(2)27-10-18(19(20,21)22)14-5-12(7-23)3-4-16(14)26-17-15(18)6-13(8-24)9-25-17/h3-6,9,11H,10H2,1-2H3,(H,25,26). The molecule has 0 saturated carbocycles. The summed E-state index contributed by atoms with van der Waals surface area (Å²) < 4.78 is 49.2. The Morgan fingerprint density at radius 3 is 2.41 bits per heavy atom. The van der Waals surface area contributed by atoms with Gasteiger partial charge in [0, 0.05) is 17.4 Å². The van der Waals surface area contributed by atoms with Gasteiger partial charge in [-0.05, 0) is 43.7 Å². The van der Waals surface area contributed by atoms with Crippen LogP contribution in [0.3, 0.4) is 0 Å². The summed E-state index contributed by atoms with van der Waals surface area (Å²) in [5, 5.41) is 21.2. The van der Waals surface area contributed by atoms with E-state index in [1.165, 1.54) is 30.5 Å². The molecule has 1 aromatic heterocycles. The third-order valence-corrected chi connectivity index (χ3v) is 4.46. The van der Waals surface area contributed by atoms with Crippen LogP contribution in [0.1, 0.15) is 36.1 Å². The topological polar surface area (TPSA) is 81.7 Å². The quantitative estimate of drug-likeness (QED) is 0.875. The van der Waals surface area contributed by atoms with E-state index in [0.717, 1.165) is 0 Å². The van der Waals surface area contributed by atoms with Gasteiger partial charge in [0.15, 0.2) is 0 Å². The first-order valence-corrected chi connectivity index (χ1v) is 8.13. The lowest BCUT2D eigenvalue weighted by Gasteiger charge is -2.41. The minimum absolute atomic E-state index is 0.00797. The van der Waals surface area contributed by atoms with Crippen molar-refractivity contribution in [2.45, 2.75) is 31.5 Å². The average Bonchev–Trinajstić information content (AvgIpc) is 2.63. The van der Waals surface area contributed by atoms with Crippen molar-refractivity contribution in [3.63, 3.8) is 0 Å². The number of nitrogens with zero attached hydrogens (tertiary/aromatic N) is 3. The van der Waals surface area contributed by atoms with Crippen molar-refractivity contribution < 1.29 is 17.9 Å². The number of ether oxygens (including phenoxy) is 1. The molecule has 0 saturated heterocycles. The van der Waals surface area contributed by atoms with Gasteiger partial charge >= 0.3 is 6.18 Å². The molecular formula is C19H15F3N4O. The number of hydrogen-bond acceptors (Lipinski definition) is 5. The molecule has 0 aliphatic carbocycles. The molecule has 5 nitrogen and oxygen atoms in total. The Morgan fingerprint density at radius 2 is 1.81 bits per heavy atom. The monoisotopic (exact) mass is 372 g/mol. The first-order chi connectivity index (χ1) is 12.7. The fourth-order valence-corrected chi connectivity index (χ4v) is 3.13. The van der Waals surface area contributed by atoms with Gasteiger partial charge in [-0.1, -0.05) is 0 Å². The number of alkyl halides is 3. The zero-order valence-electron chi connectivity index (χ0n) is 14.6. The van der Waals surface area contributed by atoms with Crippen molar-refractivity contribution in [1.82, 2.24) is 4.98 Å². The fourth-order valence-electron chi connectivity index (χ4n) is 3.13. The van der Waals surface area contributed by atoms with E-state index in [9.17, 15) is 13.2 Å². The van der Waals surface area contributed by atoms with Gasteiger partial charge in [0.25, 0.3) is 0 Å². The van der Waals surface area contributed by atoms with Crippen molar-refractivity contribution in [1.29, 1.82) is 10.5 Å².